The molecular weight excluding hydrogens is 347 g/mol. The molecule has 0 aromatic heterocycles. The zero-order valence-electron chi connectivity index (χ0n) is 11.8. The summed E-state index contributed by atoms with van der Waals surface area (Å²) in [4.78, 5) is 0. The molecule has 2 rings (SSSR count). The molecule has 1 aliphatic rings. The molecule has 2 nitrogen and oxygen atoms in total. The van der Waals surface area contributed by atoms with E-state index in [1.807, 2.05) is 6.92 Å². The molecule has 6 heteroatoms. The number of rotatable bonds is 4. The maximum atomic E-state index is 12.9. The second-order valence-electron chi connectivity index (χ2n) is 5.25. The summed E-state index contributed by atoms with van der Waals surface area (Å²) in [5.41, 5.74) is 0.0440. The second kappa shape index (κ2) is 7.11. The van der Waals surface area contributed by atoms with Gasteiger partial charge >= 0.3 is 6.18 Å². The van der Waals surface area contributed by atoms with Crippen LogP contribution in [0.2, 0.25) is 0 Å². The van der Waals surface area contributed by atoms with Gasteiger partial charge < -0.3 is 10.1 Å². The van der Waals surface area contributed by atoms with Crippen LogP contribution in [0.1, 0.15) is 36.9 Å². The van der Waals surface area contributed by atoms with Crippen LogP contribution in [0.25, 0.3) is 0 Å². The molecule has 1 aromatic rings. The first kappa shape index (κ1) is 16.8. The normalized spacial score (nSPS) is 21.3. The minimum Gasteiger partial charge on any atom is -0.381 e. The molecule has 0 spiro atoms. The summed E-state index contributed by atoms with van der Waals surface area (Å²) >= 11 is 3.39. The van der Waals surface area contributed by atoms with Gasteiger partial charge in [-0.2, -0.15) is 13.2 Å². The number of nitrogens with one attached hydrogen (secondary N) is 1. The topological polar surface area (TPSA) is 21.3 Å². The van der Waals surface area contributed by atoms with Crippen molar-refractivity contribution in [2.24, 2.45) is 5.92 Å². The van der Waals surface area contributed by atoms with Crippen molar-refractivity contribution < 1.29 is 17.9 Å². The average molecular weight is 366 g/mol. The van der Waals surface area contributed by atoms with E-state index in [-0.39, 0.29) is 12.0 Å². The van der Waals surface area contributed by atoms with Crippen molar-refractivity contribution in [2.45, 2.75) is 32.0 Å². The van der Waals surface area contributed by atoms with Crippen molar-refractivity contribution in [3.05, 3.63) is 33.8 Å². The van der Waals surface area contributed by atoms with E-state index in [0.717, 1.165) is 25.5 Å². The van der Waals surface area contributed by atoms with Gasteiger partial charge in [-0.05, 0) is 43.1 Å². The molecule has 1 fully saturated rings. The number of ether oxygens (including phenoxy) is 1. The standard InChI is InChI=1S/C15H19BrF3NO/c1-2-20-14(10-4-3-7-21-9-10)12-8-11(15(17,18)19)5-6-13(12)16/h5-6,8,10,14,20H,2-4,7,9H2,1H3. The summed E-state index contributed by atoms with van der Waals surface area (Å²) in [7, 11) is 0. The zero-order chi connectivity index (χ0) is 15.5. The fraction of sp³-hybridized carbons (Fsp3) is 0.600. The molecule has 0 saturated carbocycles. The Balaban J connectivity index is 2.34. The molecular formula is C15H19BrF3NO. The van der Waals surface area contributed by atoms with Crippen LogP contribution in [0.4, 0.5) is 13.2 Å². The summed E-state index contributed by atoms with van der Waals surface area (Å²) in [6.07, 6.45) is -2.42. The van der Waals surface area contributed by atoms with Gasteiger partial charge in [0.15, 0.2) is 0 Å². The van der Waals surface area contributed by atoms with E-state index in [4.69, 9.17) is 4.74 Å². The SMILES string of the molecule is CCNC(c1cc(C(F)(F)F)ccc1Br)C1CCCOC1. The molecule has 2 atom stereocenters. The average Bonchev–Trinajstić information content (AvgIpc) is 2.45. The first-order valence-corrected chi connectivity index (χ1v) is 7.90. The number of hydrogen-bond acceptors (Lipinski definition) is 2. The van der Waals surface area contributed by atoms with E-state index >= 15 is 0 Å². The highest BCUT2D eigenvalue weighted by molar-refractivity contribution is 9.10. The molecule has 0 bridgehead atoms. The smallest absolute Gasteiger partial charge is 0.381 e. The van der Waals surface area contributed by atoms with Crippen molar-refractivity contribution in [1.82, 2.24) is 5.32 Å². The van der Waals surface area contributed by atoms with Crippen LogP contribution in [0.3, 0.4) is 0 Å². The maximum absolute atomic E-state index is 12.9. The summed E-state index contributed by atoms with van der Waals surface area (Å²) in [5, 5.41) is 3.31. The Morgan fingerprint density at radius 1 is 1.43 bits per heavy atom. The zero-order valence-corrected chi connectivity index (χ0v) is 13.4. The predicted octanol–water partition coefficient (Wildman–Crippen LogP) is 4.55. The van der Waals surface area contributed by atoms with Crippen LogP contribution in [0.5, 0.6) is 0 Å². The van der Waals surface area contributed by atoms with Gasteiger partial charge in [0.05, 0.1) is 12.2 Å². The van der Waals surface area contributed by atoms with Gasteiger partial charge in [-0.25, -0.2) is 0 Å². The van der Waals surface area contributed by atoms with Crippen LogP contribution in [-0.4, -0.2) is 19.8 Å². The van der Waals surface area contributed by atoms with Crippen molar-refractivity contribution in [1.29, 1.82) is 0 Å². The van der Waals surface area contributed by atoms with Gasteiger partial charge in [0.1, 0.15) is 0 Å². The van der Waals surface area contributed by atoms with Crippen LogP contribution >= 0.6 is 15.9 Å². The molecule has 1 aliphatic heterocycles. The Bertz CT molecular complexity index is 472. The highest BCUT2D eigenvalue weighted by Gasteiger charge is 2.33. The van der Waals surface area contributed by atoms with Crippen molar-refractivity contribution in [3.8, 4) is 0 Å². The molecule has 118 valence electrons. The highest BCUT2D eigenvalue weighted by atomic mass is 79.9. The van der Waals surface area contributed by atoms with E-state index in [1.165, 1.54) is 12.1 Å². The third-order valence-corrected chi connectivity index (χ3v) is 4.47. The minimum absolute atomic E-state index is 0.132. The lowest BCUT2D eigenvalue weighted by molar-refractivity contribution is -0.137. The van der Waals surface area contributed by atoms with E-state index in [2.05, 4.69) is 21.2 Å². The van der Waals surface area contributed by atoms with E-state index in [9.17, 15) is 13.2 Å². The molecule has 0 radical (unpaired) electrons. The summed E-state index contributed by atoms with van der Waals surface area (Å²) < 4.78 is 45.0. The number of hydrogen-bond donors (Lipinski definition) is 1. The fourth-order valence-electron chi connectivity index (χ4n) is 2.74. The second-order valence-corrected chi connectivity index (χ2v) is 6.10. The molecule has 0 aliphatic carbocycles. The molecule has 1 saturated heterocycles. The maximum Gasteiger partial charge on any atom is 0.416 e. The Morgan fingerprint density at radius 2 is 2.19 bits per heavy atom. The Morgan fingerprint density at radius 3 is 2.76 bits per heavy atom. The van der Waals surface area contributed by atoms with E-state index < -0.39 is 11.7 Å². The summed E-state index contributed by atoms with van der Waals surface area (Å²) in [6.45, 7) is 3.97. The molecule has 1 N–H and O–H groups in total. The first-order valence-electron chi connectivity index (χ1n) is 7.11. The fourth-order valence-corrected chi connectivity index (χ4v) is 3.23. The van der Waals surface area contributed by atoms with Gasteiger partial charge in [-0.1, -0.05) is 22.9 Å². The van der Waals surface area contributed by atoms with Gasteiger partial charge in [-0.3, -0.25) is 0 Å². The lowest BCUT2D eigenvalue weighted by Crippen LogP contribution is -2.33. The minimum atomic E-state index is -4.32. The summed E-state index contributed by atoms with van der Waals surface area (Å²) in [6, 6.07) is 3.69. The first-order chi connectivity index (χ1) is 9.93. The summed E-state index contributed by atoms with van der Waals surface area (Å²) in [5.74, 6) is 0.193. The van der Waals surface area contributed by atoms with Crippen LogP contribution in [-0.2, 0) is 10.9 Å². The van der Waals surface area contributed by atoms with Crippen LogP contribution in [0.15, 0.2) is 22.7 Å². The quantitative estimate of drug-likeness (QED) is 0.845. The lowest BCUT2D eigenvalue weighted by Gasteiger charge is -2.32. The molecule has 0 amide bonds. The highest BCUT2D eigenvalue weighted by Crippen LogP contribution is 2.37. The largest absolute Gasteiger partial charge is 0.416 e. The number of benzene rings is 1. The molecule has 2 unspecified atom stereocenters. The van der Waals surface area contributed by atoms with E-state index in [1.54, 1.807) is 0 Å². The van der Waals surface area contributed by atoms with Gasteiger partial charge in [0, 0.05) is 23.0 Å². The molecule has 1 aromatic carbocycles. The Labute approximate surface area is 131 Å². The molecule has 1 heterocycles. The van der Waals surface area contributed by atoms with E-state index in [0.29, 0.717) is 23.2 Å². The van der Waals surface area contributed by atoms with Crippen molar-refractivity contribution >= 4 is 15.9 Å². The van der Waals surface area contributed by atoms with Crippen molar-refractivity contribution in [2.75, 3.05) is 19.8 Å². The lowest BCUT2D eigenvalue weighted by atomic mass is 9.88. The monoisotopic (exact) mass is 365 g/mol. The number of alkyl halides is 3. The van der Waals surface area contributed by atoms with Crippen LogP contribution in [0, 0.1) is 5.92 Å². The molecule has 21 heavy (non-hydrogen) atoms. The third kappa shape index (κ3) is 4.20. The number of halogens is 4. The predicted molar refractivity (Wildman–Crippen MR) is 79.1 cm³/mol. The third-order valence-electron chi connectivity index (χ3n) is 3.75. The van der Waals surface area contributed by atoms with Gasteiger partial charge in [0.25, 0.3) is 0 Å². The Hall–Kier alpha value is -0.590. The van der Waals surface area contributed by atoms with Crippen LogP contribution < -0.4 is 5.32 Å². The van der Waals surface area contributed by atoms with Crippen molar-refractivity contribution in [3.63, 3.8) is 0 Å². The van der Waals surface area contributed by atoms with Gasteiger partial charge in [0.2, 0.25) is 0 Å². The van der Waals surface area contributed by atoms with Gasteiger partial charge in [-0.15, -0.1) is 0 Å². The Kier molecular flexibility index (Phi) is 5.68.